The number of benzene rings is 1. The van der Waals surface area contributed by atoms with E-state index in [1.807, 2.05) is 24.3 Å². The lowest BCUT2D eigenvalue weighted by atomic mass is 9.90. The Bertz CT molecular complexity index is 521. The molecule has 1 aliphatic rings. The Morgan fingerprint density at radius 2 is 1.79 bits per heavy atom. The minimum absolute atomic E-state index is 0.0104. The number of hydrogen-bond acceptors (Lipinski definition) is 3. The molecule has 6 heteroatoms. The van der Waals surface area contributed by atoms with E-state index in [1.54, 1.807) is 0 Å². The molecule has 0 aromatic heterocycles. The van der Waals surface area contributed by atoms with Gasteiger partial charge in [0.15, 0.2) is 0 Å². The number of ether oxygens (including phenoxy) is 1. The molecule has 19 heavy (non-hydrogen) atoms. The molecule has 0 bridgehead atoms. The second-order valence-electron chi connectivity index (χ2n) is 5.26. The highest BCUT2D eigenvalue weighted by Gasteiger charge is 2.38. The summed E-state index contributed by atoms with van der Waals surface area (Å²) >= 11 is 3.36. The zero-order valence-electron chi connectivity index (χ0n) is 10.6. The minimum Gasteiger partial charge on any atom is -0.493 e. The minimum atomic E-state index is -3.46. The third-order valence-corrected chi connectivity index (χ3v) is 5.07. The number of hydrogen-bond donors (Lipinski definition) is 1. The van der Waals surface area contributed by atoms with Crippen LogP contribution in [0.1, 0.15) is 25.7 Å². The maximum Gasteiger partial charge on any atom is 0.209 e. The lowest BCUT2D eigenvalue weighted by Gasteiger charge is -2.27. The molecule has 1 aromatic carbocycles. The first kappa shape index (κ1) is 14.8. The molecule has 1 saturated carbocycles. The molecule has 0 saturated heterocycles. The SMILES string of the molecule is NS(=O)(=O)CC1(COc2ccc(Br)cc2)CCCC1. The first-order valence-corrected chi connectivity index (χ1v) is 8.78. The first-order chi connectivity index (χ1) is 8.89. The molecule has 0 radical (unpaired) electrons. The third-order valence-electron chi connectivity index (χ3n) is 3.53. The van der Waals surface area contributed by atoms with E-state index in [-0.39, 0.29) is 11.2 Å². The van der Waals surface area contributed by atoms with E-state index in [9.17, 15) is 8.42 Å². The molecule has 4 nitrogen and oxygen atoms in total. The van der Waals surface area contributed by atoms with Gasteiger partial charge in [-0.2, -0.15) is 0 Å². The van der Waals surface area contributed by atoms with Crippen molar-refractivity contribution in [3.05, 3.63) is 28.7 Å². The van der Waals surface area contributed by atoms with Crippen LogP contribution in [0.3, 0.4) is 0 Å². The van der Waals surface area contributed by atoms with Crippen LogP contribution in [0.15, 0.2) is 28.7 Å². The van der Waals surface area contributed by atoms with Crippen LogP contribution in [0.25, 0.3) is 0 Å². The molecule has 0 amide bonds. The molecule has 0 heterocycles. The standard InChI is InChI=1S/C13H18BrNO3S/c14-11-3-5-12(6-4-11)18-9-13(7-1-2-8-13)10-19(15,16)17/h3-6H,1-2,7-10H2,(H2,15,16,17). The summed E-state index contributed by atoms with van der Waals surface area (Å²) in [5.41, 5.74) is -0.319. The molecule has 0 aliphatic heterocycles. The zero-order valence-corrected chi connectivity index (χ0v) is 13.0. The van der Waals surface area contributed by atoms with Crippen molar-refractivity contribution in [3.63, 3.8) is 0 Å². The summed E-state index contributed by atoms with van der Waals surface area (Å²) in [6, 6.07) is 7.53. The summed E-state index contributed by atoms with van der Waals surface area (Å²) in [6.07, 6.45) is 3.80. The summed E-state index contributed by atoms with van der Waals surface area (Å²) in [5, 5.41) is 5.20. The molecule has 0 atom stereocenters. The molecule has 1 aliphatic carbocycles. The van der Waals surface area contributed by atoms with Crippen LogP contribution in [-0.4, -0.2) is 20.8 Å². The van der Waals surface area contributed by atoms with Crippen molar-refractivity contribution in [1.29, 1.82) is 0 Å². The molecule has 0 spiro atoms. The molecule has 106 valence electrons. The predicted molar refractivity (Wildman–Crippen MR) is 78.5 cm³/mol. The van der Waals surface area contributed by atoms with Crippen LogP contribution in [0.2, 0.25) is 0 Å². The summed E-state index contributed by atoms with van der Waals surface area (Å²) < 4.78 is 29.5. The van der Waals surface area contributed by atoms with E-state index in [0.29, 0.717) is 6.61 Å². The number of halogens is 1. The van der Waals surface area contributed by atoms with Crippen LogP contribution in [0, 0.1) is 5.41 Å². The Kier molecular flexibility index (Phi) is 4.53. The van der Waals surface area contributed by atoms with E-state index in [2.05, 4.69) is 15.9 Å². The molecule has 0 unspecified atom stereocenters. The van der Waals surface area contributed by atoms with Gasteiger partial charge >= 0.3 is 0 Å². The average molecular weight is 348 g/mol. The lowest BCUT2D eigenvalue weighted by molar-refractivity contribution is 0.170. The van der Waals surface area contributed by atoms with Crippen LogP contribution >= 0.6 is 15.9 Å². The van der Waals surface area contributed by atoms with Gasteiger partial charge in [-0.05, 0) is 37.1 Å². The van der Waals surface area contributed by atoms with Crippen molar-refractivity contribution in [1.82, 2.24) is 0 Å². The van der Waals surface area contributed by atoms with Gasteiger partial charge in [-0.15, -0.1) is 0 Å². The predicted octanol–water partition coefficient (Wildman–Crippen LogP) is 2.68. The molecule has 2 N–H and O–H groups in total. The van der Waals surface area contributed by atoms with Gasteiger partial charge in [0.05, 0.1) is 12.4 Å². The van der Waals surface area contributed by atoms with Gasteiger partial charge in [-0.1, -0.05) is 28.8 Å². The Hall–Kier alpha value is -0.590. The van der Waals surface area contributed by atoms with Crippen LogP contribution in [0.4, 0.5) is 0 Å². The van der Waals surface area contributed by atoms with Crippen molar-refractivity contribution in [2.45, 2.75) is 25.7 Å². The van der Waals surface area contributed by atoms with Crippen molar-refractivity contribution >= 4 is 26.0 Å². The smallest absolute Gasteiger partial charge is 0.209 e. The topological polar surface area (TPSA) is 69.4 Å². The normalized spacial score (nSPS) is 18.4. The van der Waals surface area contributed by atoms with Gasteiger partial charge in [-0.3, -0.25) is 0 Å². The van der Waals surface area contributed by atoms with Crippen molar-refractivity contribution < 1.29 is 13.2 Å². The van der Waals surface area contributed by atoms with Crippen LogP contribution in [0.5, 0.6) is 5.75 Å². The Morgan fingerprint density at radius 1 is 1.21 bits per heavy atom. The Balaban J connectivity index is 2.03. The second kappa shape index (κ2) is 5.81. The average Bonchev–Trinajstić information content (AvgIpc) is 2.75. The third kappa shape index (κ3) is 4.47. The summed E-state index contributed by atoms with van der Waals surface area (Å²) in [5.74, 6) is 0.764. The highest BCUT2D eigenvalue weighted by molar-refractivity contribution is 9.10. The van der Waals surface area contributed by atoms with E-state index < -0.39 is 10.0 Å². The van der Waals surface area contributed by atoms with Gasteiger partial charge < -0.3 is 4.74 Å². The van der Waals surface area contributed by atoms with E-state index in [4.69, 9.17) is 9.88 Å². The number of nitrogens with two attached hydrogens (primary N) is 1. The van der Waals surface area contributed by atoms with Crippen LogP contribution < -0.4 is 9.88 Å². The number of primary sulfonamides is 1. The second-order valence-corrected chi connectivity index (χ2v) is 7.79. The number of sulfonamides is 1. The summed E-state index contributed by atoms with van der Waals surface area (Å²) in [4.78, 5) is 0. The van der Waals surface area contributed by atoms with E-state index in [1.165, 1.54) is 0 Å². The van der Waals surface area contributed by atoms with Gasteiger partial charge in [0.2, 0.25) is 10.0 Å². The van der Waals surface area contributed by atoms with Gasteiger partial charge in [-0.25, -0.2) is 13.6 Å². The van der Waals surface area contributed by atoms with E-state index >= 15 is 0 Å². The maximum atomic E-state index is 11.4. The molecular weight excluding hydrogens is 330 g/mol. The summed E-state index contributed by atoms with van der Waals surface area (Å²) in [7, 11) is -3.46. The maximum absolute atomic E-state index is 11.4. The molecular formula is C13H18BrNO3S. The van der Waals surface area contributed by atoms with Crippen molar-refractivity contribution in [2.75, 3.05) is 12.4 Å². The molecule has 1 aromatic rings. The van der Waals surface area contributed by atoms with Gasteiger partial charge in [0.1, 0.15) is 5.75 Å². The fraction of sp³-hybridized carbons (Fsp3) is 0.538. The van der Waals surface area contributed by atoms with Gasteiger partial charge in [0.25, 0.3) is 0 Å². The van der Waals surface area contributed by atoms with Crippen molar-refractivity contribution in [2.24, 2.45) is 10.6 Å². The van der Waals surface area contributed by atoms with Crippen molar-refractivity contribution in [3.8, 4) is 5.75 Å². The van der Waals surface area contributed by atoms with E-state index in [0.717, 1.165) is 35.9 Å². The highest BCUT2D eigenvalue weighted by Crippen LogP contribution is 2.39. The molecule has 2 rings (SSSR count). The fourth-order valence-electron chi connectivity index (χ4n) is 2.65. The van der Waals surface area contributed by atoms with Gasteiger partial charge in [0, 0.05) is 9.89 Å². The summed E-state index contributed by atoms with van der Waals surface area (Å²) in [6.45, 7) is 0.408. The lowest BCUT2D eigenvalue weighted by Crippen LogP contribution is -2.36. The fourth-order valence-corrected chi connectivity index (χ4v) is 4.14. The zero-order chi connectivity index (χ0) is 13.9. The quantitative estimate of drug-likeness (QED) is 0.889. The Morgan fingerprint density at radius 3 is 2.32 bits per heavy atom. The molecule has 1 fully saturated rings. The Labute approximate surface area is 122 Å². The van der Waals surface area contributed by atoms with Crippen LogP contribution in [-0.2, 0) is 10.0 Å². The largest absolute Gasteiger partial charge is 0.493 e. The number of rotatable bonds is 5. The first-order valence-electron chi connectivity index (χ1n) is 6.28. The highest BCUT2D eigenvalue weighted by atomic mass is 79.9. The monoisotopic (exact) mass is 347 g/mol.